The molecule has 1 aliphatic carbocycles. The lowest BCUT2D eigenvalue weighted by Gasteiger charge is -2.52. The molecule has 576 valence electrons. The molecule has 21 heteroatoms. The van der Waals surface area contributed by atoms with Crippen LogP contribution in [-0.2, 0) is 80.5 Å². The van der Waals surface area contributed by atoms with Crippen molar-refractivity contribution in [1.29, 1.82) is 0 Å². The van der Waals surface area contributed by atoms with Gasteiger partial charge in [0.05, 0.1) is 116 Å². The Hall–Kier alpha value is -0.840. The highest BCUT2D eigenvalue weighted by molar-refractivity contribution is 5.18. The molecule has 21 nitrogen and oxygen atoms in total. The molecule has 9 aliphatic heterocycles. The Bertz CT molecular complexity index is 2490. The van der Waals surface area contributed by atoms with Crippen LogP contribution < -0.4 is 0 Å². The molecule has 10 fully saturated rings. The number of aliphatic hydroxyl groups is 4. The van der Waals surface area contributed by atoms with Crippen LogP contribution in [0.2, 0.25) is 0 Å². The van der Waals surface area contributed by atoms with Gasteiger partial charge in [0, 0.05) is 59.2 Å². The van der Waals surface area contributed by atoms with Crippen LogP contribution in [0, 0.1) is 107 Å². The fourth-order valence-electron chi connectivity index (χ4n) is 19.2. The average molecular weight is 1410 g/mol. The van der Waals surface area contributed by atoms with E-state index in [4.69, 9.17) is 80.5 Å². The summed E-state index contributed by atoms with van der Waals surface area (Å²) in [6.07, 6.45) is -8.04. The number of fused-ring (bicyclic) bond motifs is 1. The van der Waals surface area contributed by atoms with Crippen molar-refractivity contribution in [1.82, 2.24) is 0 Å². The predicted octanol–water partition coefficient (Wildman–Crippen LogP) is 11.3. The zero-order valence-electron chi connectivity index (χ0n) is 65.2. The van der Waals surface area contributed by atoms with E-state index in [-0.39, 0.29) is 163 Å². The second-order valence-electron chi connectivity index (χ2n) is 33.7. The molecule has 0 aromatic heterocycles. The topological polar surface area (TPSA) is 238 Å². The number of hydrogen-bond acceptors (Lipinski definition) is 21. The summed E-state index contributed by atoms with van der Waals surface area (Å²) in [6.45, 7) is 52.7. The van der Waals surface area contributed by atoms with Gasteiger partial charge in [-0.05, 0) is 107 Å². The van der Waals surface area contributed by atoms with Gasteiger partial charge in [0.15, 0.2) is 50.3 Å². The molecule has 9 saturated heterocycles. The zero-order chi connectivity index (χ0) is 72.5. The highest BCUT2D eigenvalue weighted by atomic mass is 16.8. The number of rotatable bonds is 23. The van der Waals surface area contributed by atoms with Crippen LogP contribution in [0.1, 0.15) is 205 Å². The molecule has 1 saturated carbocycles. The van der Waals surface area contributed by atoms with Gasteiger partial charge in [-0.1, -0.05) is 145 Å². The molecular formula is C78H138O21. The Morgan fingerprint density at radius 2 is 0.545 bits per heavy atom. The molecule has 99 heavy (non-hydrogen) atoms. The van der Waals surface area contributed by atoms with E-state index in [1.807, 2.05) is 20.8 Å². The number of ether oxygens (including phenoxy) is 17. The standard InChI is InChI=1S/C78H138O21/c1-26-52-61(81)34(7)41(14)71(86-52)93-65-37(10)43(16)72(87-54(65)28-3)94-66-38(11)44(17)73(88-55(66)29-4)95-67-39(12)45(18)74(89-56(67)30-5)97-68-40(13)46(19)75(90-57(68)31-79)92-63-36(9)42(15)70(85-51(63)24)98-69-58(32-80)91-77(48(21)62(69)82)99-78(25)59-47(20)76(84-50(23)60(59)78)96-64-35(8)33(6)49(22)83-53(64)27-2/h33-77,79-82H,26-32H2,1-25H3/t33?,34?,35?,36?,37?,38-,39-,40?,41?,42?,43?,44+,45?,46?,47?,48?,49-,50?,51?,52?,53?,54?,55?,56?,57?,58?,59-,60-,61+,62-,63+,64+,65+,66+,67+,68+,69-,70+,71-,72+,73?,74+,75-,76+,77+,78?/m1/s1. The Morgan fingerprint density at radius 1 is 0.253 bits per heavy atom. The number of hydrogen-bond donors (Lipinski definition) is 4. The van der Waals surface area contributed by atoms with Crippen LogP contribution in [-0.4, -0.2) is 206 Å². The molecule has 0 aromatic carbocycles. The first-order chi connectivity index (χ1) is 46.8. The van der Waals surface area contributed by atoms with Crippen LogP contribution in [0.25, 0.3) is 0 Å². The molecule has 9 heterocycles. The Morgan fingerprint density at radius 3 is 0.960 bits per heavy atom. The van der Waals surface area contributed by atoms with Crippen LogP contribution in [0.3, 0.4) is 0 Å². The summed E-state index contributed by atoms with van der Waals surface area (Å²) in [6, 6.07) is 0. The molecule has 10 rings (SSSR count). The van der Waals surface area contributed by atoms with Gasteiger partial charge >= 0.3 is 0 Å². The van der Waals surface area contributed by atoms with Crippen LogP contribution in [0.15, 0.2) is 0 Å². The molecule has 0 bridgehead atoms. The highest BCUT2D eigenvalue weighted by Crippen LogP contribution is 2.64. The summed E-state index contributed by atoms with van der Waals surface area (Å²) in [5, 5.41) is 45.0. The Kier molecular flexibility index (Phi) is 27.2. The second-order valence-corrected chi connectivity index (χ2v) is 33.7. The van der Waals surface area contributed by atoms with Crippen molar-refractivity contribution in [3.05, 3.63) is 0 Å². The van der Waals surface area contributed by atoms with Crippen molar-refractivity contribution < 1.29 is 101 Å². The van der Waals surface area contributed by atoms with Crippen molar-refractivity contribution in [2.75, 3.05) is 13.2 Å². The lowest BCUT2D eigenvalue weighted by Crippen LogP contribution is -2.61. The largest absolute Gasteiger partial charge is 0.394 e. The minimum absolute atomic E-state index is 0.00814. The predicted molar refractivity (Wildman–Crippen MR) is 370 cm³/mol. The molecule has 46 atom stereocenters. The van der Waals surface area contributed by atoms with E-state index in [1.165, 1.54) is 0 Å². The maximum atomic E-state index is 12.1. The highest BCUT2D eigenvalue weighted by Gasteiger charge is 2.72. The third-order valence-corrected chi connectivity index (χ3v) is 27.9. The summed E-state index contributed by atoms with van der Waals surface area (Å²) in [7, 11) is 0. The van der Waals surface area contributed by atoms with E-state index >= 15 is 0 Å². The van der Waals surface area contributed by atoms with Gasteiger partial charge in [-0.25, -0.2) is 0 Å². The average Bonchev–Trinajstić information content (AvgIpc) is 1.53. The first kappa shape index (κ1) is 80.7. The first-order valence-electron chi connectivity index (χ1n) is 39.6. The van der Waals surface area contributed by atoms with Crippen molar-refractivity contribution in [2.45, 2.75) is 377 Å². The quantitative estimate of drug-likeness (QED) is 0.0744. The van der Waals surface area contributed by atoms with E-state index in [1.54, 1.807) is 0 Å². The van der Waals surface area contributed by atoms with Crippen molar-refractivity contribution in [2.24, 2.45) is 107 Å². The van der Waals surface area contributed by atoms with Gasteiger partial charge in [-0.2, -0.15) is 0 Å². The Labute approximate surface area is 595 Å². The van der Waals surface area contributed by atoms with Gasteiger partial charge < -0.3 is 101 Å². The molecule has 4 N–H and O–H groups in total. The summed E-state index contributed by atoms with van der Waals surface area (Å²) < 4.78 is 116. The smallest absolute Gasteiger partial charge is 0.164 e. The number of aliphatic hydroxyl groups excluding tert-OH is 4. The fourth-order valence-corrected chi connectivity index (χ4v) is 19.2. The molecular weight excluding hydrogens is 1270 g/mol. The molecule has 0 spiro atoms. The zero-order valence-corrected chi connectivity index (χ0v) is 65.2. The van der Waals surface area contributed by atoms with Crippen molar-refractivity contribution >= 4 is 0 Å². The maximum Gasteiger partial charge on any atom is 0.164 e. The van der Waals surface area contributed by atoms with E-state index in [9.17, 15) is 20.4 Å². The maximum absolute atomic E-state index is 12.1. The van der Waals surface area contributed by atoms with Gasteiger partial charge in [0.25, 0.3) is 0 Å². The SMILES string of the molecule is CCC1O[C@H](O[C@@H]2C(CC)O[C@@H](O[C@@H]3C(CC)OC(O[C@@H]4C(CC)O[C@@H](O[C@@H]5C(CO)O[C@H](O[C@@H]6C(C)O[C@@H](O[C@@H]7C(CO)O[C@@H](OC8(C)[C@@H]9C(C)O[C@@H](O[C@@H]%10C(CC)O[C@H](C)C(C)C%10C)C(C)[C@H]98)C(C)[C@H]7O)C(C)C6C)C(C)C5C)C(C)[C@H]4C)[C@@H](C)[C@H]3C)C(C)C2C)C(C)C(C)[C@@H]1O. The second kappa shape index (κ2) is 33.3. The first-order valence-corrected chi connectivity index (χ1v) is 39.6. The van der Waals surface area contributed by atoms with Crippen molar-refractivity contribution in [3.63, 3.8) is 0 Å². The van der Waals surface area contributed by atoms with Gasteiger partial charge in [-0.15, -0.1) is 0 Å². The molecule has 0 radical (unpaired) electrons. The molecule has 0 aromatic rings. The summed E-state index contributed by atoms with van der Waals surface area (Å²) in [4.78, 5) is 0. The van der Waals surface area contributed by atoms with E-state index in [0.29, 0.717) is 18.3 Å². The van der Waals surface area contributed by atoms with Crippen molar-refractivity contribution in [3.8, 4) is 0 Å². The van der Waals surface area contributed by atoms with Crippen LogP contribution in [0.5, 0.6) is 0 Å². The monoisotopic (exact) mass is 1410 g/mol. The molecule has 24 unspecified atom stereocenters. The van der Waals surface area contributed by atoms with Crippen LogP contribution >= 0.6 is 0 Å². The van der Waals surface area contributed by atoms with Gasteiger partial charge in [0.2, 0.25) is 0 Å². The fraction of sp³-hybridized carbons (Fsp3) is 1.00. The molecule has 10 aliphatic rings. The summed E-state index contributed by atoms with van der Waals surface area (Å²) >= 11 is 0. The van der Waals surface area contributed by atoms with Gasteiger partial charge in [0.1, 0.15) is 18.3 Å². The lowest BCUT2D eigenvalue weighted by atomic mass is 9.80. The van der Waals surface area contributed by atoms with Gasteiger partial charge in [-0.3, -0.25) is 0 Å². The third-order valence-electron chi connectivity index (χ3n) is 27.9. The van der Waals surface area contributed by atoms with E-state index in [0.717, 1.165) is 25.7 Å². The van der Waals surface area contributed by atoms with E-state index in [2.05, 4.69) is 152 Å². The van der Waals surface area contributed by atoms with Crippen LogP contribution in [0.4, 0.5) is 0 Å². The minimum atomic E-state index is -1.04. The summed E-state index contributed by atoms with van der Waals surface area (Å²) in [5.74, 6) is 0.0671. The normalized spacial score (nSPS) is 55.9. The minimum Gasteiger partial charge on any atom is -0.394 e. The van der Waals surface area contributed by atoms with E-state index < -0.39 is 117 Å². The lowest BCUT2D eigenvalue weighted by molar-refractivity contribution is -0.372. The summed E-state index contributed by atoms with van der Waals surface area (Å²) in [5.41, 5.74) is -0.608. The molecule has 0 amide bonds. The third kappa shape index (κ3) is 15.8. The Balaban J connectivity index is 0.705.